The zero-order chi connectivity index (χ0) is 13.1. The van der Waals surface area contributed by atoms with E-state index >= 15 is 0 Å². The molecule has 2 N–H and O–H groups in total. The van der Waals surface area contributed by atoms with Crippen molar-refractivity contribution in [3.63, 3.8) is 0 Å². The molecule has 0 aliphatic carbocycles. The Morgan fingerprint density at radius 2 is 2.00 bits per heavy atom. The Morgan fingerprint density at radius 3 is 2.61 bits per heavy atom. The smallest absolute Gasteiger partial charge is 0.134 e. The molecule has 2 aromatic rings. The molecule has 18 heavy (non-hydrogen) atoms. The van der Waals surface area contributed by atoms with E-state index in [1.807, 2.05) is 25.1 Å². The third-order valence-electron chi connectivity index (χ3n) is 2.51. The molecule has 0 fully saturated rings. The molecule has 2 aromatic heterocycles. The molecule has 0 aliphatic heterocycles. The second-order valence-corrected chi connectivity index (χ2v) is 5.33. The molecule has 0 unspecified atom stereocenters. The summed E-state index contributed by atoms with van der Waals surface area (Å²) < 4.78 is 0. The molecule has 4 nitrogen and oxygen atoms in total. The minimum absolute atomic E-state index is 0.260. The van der Waals surface area contributed by atoms with Gasteiger partial charge in [0.2, 0.25) is 0 Å². The first-order chi connectivity index (χ1) is 8.58. The van der Waals surface area contributed by atoms with Crippen LogP contribution in [-0.4, -0.2) is 15.0 Å². The van der Waals surface area contributed by atoms with Crippen LogP contribution in [0.3, 0.4) is 0 Å². The Labute approximate surface area is 111 Å². The third kappa shape index (κ3) is 2.79. The van der Waals surface area contributed by atoms with Gasteiger partial charge in [-0.25, -0.2) is 15.0 Å². The highest BCUT2D eigenvalue weighted by atomic mass is 32.2. The van der Waals surface area contributed by atoms with Crippen molar-refractivity contribution in [3.05, 3.63) is 35.8 Å². The number of nitrogens with two attached hydrogens (primary N) is 1. The van der Waals surface area contributed by atoms with Crippen LogP contribution in [0.5, 0.6) is 0 Å². The van der Waals surface area contributed by atoms with Crippen molar-refractivity contribution >= 4 is 17.6 Å². The fourth-order valence-electron chi connectivity index (χ4n) is 1.39. The molecule has 2 heterocycles. The molecule has 0 saturated carbocycles. The molecule has 0 amide bonds. The van der Waals surface area contributed by atoms with E-state index in [9.17, 15) is 0 Å². The van der Waals surface area contributed by atoms with E-state index in [4.69, 9.17) is 5.73 Å². The van der Waals surface area contributed by atoms with E-state index in [1.165, 1.54) is 11.8 Å². The molecular formula is C13H16N4S. The number of aromatic nitrogens is 3. The summed E-state index contributed by atoms with van der Waals surface area (Å²) in [6.07, 6.45) is 1.77. The Bertz CT molecular complexity index is 540. The van der Waals surface area contributed by atoms with Crippen molar-refractivity contribution in [1.82, 2.24) is 15.0 Å². The predicted molar refractivity (Wildman–Crippen MR) is 73.6 cm³/mol. The van der Waals surface area contributed by atoms with Gasteiger partial charge in [0.1, 0.15) is 21.7 Å². The molecular weight excluding hydrogens is 244 g/mol. The summed E-state index contributed by atoms with van der Waals surface area (Å²) in [6.45, 7) is 6.04. The van der Waals surface area contributed by atoms with Gasteiger partial charge in [-0.15, -0.1) is 0 Å². The molecule has 0 radical (unpaired) electrons. The summed E-state index contributed by atoms with van der Waals surface area (Å²) >= 11 is 1.52. The number of pyridine rings is 1. The largest absolute Gasteiger partial charge is 0.383 e. The van der Waals surface area contributed by atoms with Gasteiger partial charge in [-0.05, 0) is 30.8 Å². The van der Waals surface area contributed by atoms with E-state index in [-0.39, 0.29) is 5.92 Å². The first kappa shape index (κ1) is 12.8. The van der Waals surface area contributed by atoms with Crippen LogP contribution in [0.15, 0.2) is 34.4 Å². The second kappa shape index (κ2) is 5.35. The highest BCUT2D eigenvalue weighted by Gasteiger charge is 2.12. The van der Waals surface area contributed by atoms with Gasteiger partial charge >= 0.3 is 0 Å². The average molecular weight is 260 g/mol. The maximum absolute atomic E-state index is 5.93. The standard InChI is InChI=1S/C13H16N4S/c1-8(2)12-16-11(14)9(3)13(17-12)18-10-6-4-5-7-15-10/h4-8H,1-3H3,(H2,14,16,17). The van der Waals surface area contributed by atoms with Crippen LogP contribution in [-0.2, 0) is 0 Å². The van der Waals surface area contributed by atoms with Crippen LogP contribution >= 0.6 is 11.8 Å². The lowest BCUT2D eigenvalue weighted by atomic mass is 10.2. The lowest BCUT2D eigenvalue weighted by molar-refractivity contribution is 0.751. The van der Waals surface area contributed by atoms with Gasteiger partial charge in [-0.2, -0.15) is 0 Å². The zero-order valence-corrected chi connectivity index (χ0v) is 11.5. The molecule has 2 rings (SSSR count). The minimum Gasteiger partial charge on any atom is -0.383 e. The number of anilines is 1. The van der Waals surface area contributed by atoms with Crippen LogP contribution in [0.25, 0.3) is 0 Å². The number of hydrogen-bond acceptors (Lipinski definition) is 5. The molecule has 0 bridgehead atoms. The Balaban J connectivity index is 2.38. The molecule has 94 valence electrons. The van der Waals surface area contributed by atoms with Crippen LogP contribution < -0.4 is 5.73 Å². The summed E-state index contributed by atoms with van der Waals surface area (Å²) in [5, 5.41) is 1.79. The number of rotatable bonds is 3. The summed E-state index contributed by atoms with van der Waals surface area (Å²) in [7, 11) is 0. The molecule has 0 saturated heterocycles. The van der Waals surface area contributed by atoms with E-state index in [2.05, 4.69) is 28.8 Å². The summed E-state index contributed by atoms with van der Waals surface area (Å²) in [6, 6.07) is 5.81. The van der Waals surface area contributed by atoms with Gasteiger partial charge in [-0.1, -0.05) is 19.9 Å². The number of nitrogens with zero attached hydrogens (tertiary/aromatic N) is 3. The maximum Gasteiger partial charge on any atom is 0.134 e. The molecule has 5 heteroatoms. The van der Waals surface area contributed by atoms with E-state index in [1.54, 1.807) is 6.20 Å². The fourth-order valence-corrected chi connectivity index (χ4v) is 2.25. The fraction of sp³-hybridized carbons (Fsp3) is 0.308. The predicted octanol–water partition coefficient (Wildman–Crippen LogP) is 3.04. The lowest BCUT2D eigenvalue weighted by Crippen LogP contribution is -2.05. The molecule has 0 atom stereocenters. The SMILES string of the molecule is Cc1c(N)nc(C(C)C)nc1Sc1ccccn1. The normalized spacial score (nSPS) is 10.9. The van der Waals surface area contributed by atoms with Crippen molar-refractivity contribution < 1.29 is 0 Å². The Kier molecular flexibility index (Phi) is 3.81. The van der Waals surface area contributed by atoms with Crippen LogP contribution in [0.4, 0.5) is 5.82 Å². The van der Waals surface area contributed by atoms with Crippen molar-refractivity contribution in [1.29, 1.82) is 0 Å². The van der Waals surface area contributed by atoms with Gasteiger partial charge in [0.15, 0.2) is 0 Å². The quantitative estimate of drug-likeness (QED) is 0.859. The minimum atomic E-state index is 0.260. The van der Waals surface area contributed by atoms with Crippen molar-refractivity contribution in [2.45, 2.75) is 36.7 Å². The van der Waals surface area contributed by atoms with Crippen LogP contribution in [0.1, 0.15) is 31.2 Å². The van der Waals surface area contributed by atoms with Gasteiger partial charge < -0.3 is 5.73 Å². The molecule has 0 spiro atoms. The first-order valence-electron chi connectivity index (χ1n) is 5.81. The maximum atomic E-state index is 5.93. The van der Waals surface area contributed by atoms with Crippen molar-refractivity contribution in [2.24, 2.45) is 0 Å². The van der Waals surface area contributed by atoms with E-state index in [0.717, 1.165) is 21.4 Å². The average Bonchev–Trinajstić information content (AvgIpc) is 2.35. The highest BCUT2D eigenvalue weighted by molar-refractivity contribution is 7.99. The van der Waals surface area contributed by atoms with Gasteiger partial charge in [0.05, 0.1) is 0 Å². The lowest BCUT2D eigenvalue weighted by Gasteiger charge is -2.10. The topological polar surface area (TPSA) is 64.7 Å². The van der Waals surface area contributed by atoms with Crippen LogP contribution in [0.2, 0.25) is 0 Å². The van der Waals surface area contributed by atoms with Crippen LogP contribution in [0, 0.1) is 6.92 Å². The van der Waals surface area contributed by atoms with E-state index < -0.39 is 0 Å². The van der Waals surface area contributed by atoms with Gasteiger partial charge in [0.25, 0.3) is 0 Å². The first-order valence-corrected chi connectivity index (χ1v) is 6.62. The Hall–Kier alpha value is -1.62. The Morgan fingerprint density at radius 1 is 1.22 bits per heavy atom. The summed E-state index contributed by atoms with van der Waals surface area (Å²) in [4.78, 5) is 13.1. The van der Waals surface area contributed by atoms with Crippen molar-refractivity contribution in [2.75, 3.05) is 5.73 Å². The summed E-state index contributed by atoms with van der Waals surface area (Å²) in [5.41, 5.74) is 6.84. The van der Waals surface area contributed by atoms with Gasteiger partial charge in [0, 0.05) is 17.7 Å². The summed E-state index contributed by atoms with van der Waals surface area (Å²) in [5.74, 6) is 1.58. The second-order valence-electron chi connectivity index (χ2n) is 4.32. The van der Waals surface area contributed by atoms with E-state index in [0.29, 0.717) is 5.82 Å². The molecule has 0 aromatic carbocycles. The highest BCUT2D eigenvalue weighted by Crippen LogP contribution is 2.30. The number of hydrogen-bond donors (Lipinski definition) is 1. The third-order valence-corrected chi connectivity index (χ3v) is 3.55. The van der Waals surface area contributed by atoms with Gasteiger partial charge in [-0.3, -0.25) is 0 Å². The van der Waals surface area contributed by atoms with Crippen molar-refractivity contribution in [3.8, 4) is 0 Å². The number of nitrogen functional groups attached to an aromatic ring is 1. The zero-order valence-electron chi connectivity index (χ0n) is 10.7. The monoisotopic (exact) mass is 260 g/mol. The molecule has 0 aliphatic rings.